The third kappa shape index (κ3) is 3.68. The Bertz CT molecular complexity index is 710. The van der Waals surface area contributed by atoms with E-state index in [1.165, 1.54) is 0 Å². The lowest BCUT2D eigenvalue weighted by atomic mass is 10.1. The molecule has 0 saturated heterocycles. The van der Waals surface area contributed by atoms with Crippen molar-refractivity contribution in [1.29, 1.82) is 0 Å². The maximum atomic E-state index is 12.4. The molecule has 0 atom stereocenters. The second-order valence-electron chi connectivity index (χ2n) is 4.93. The van der Waals surface area contributed by atoms with Crippen LogP contribution in [0.15, 0.2) is 49.1 Å². The van der Waals surface area contributed by atoms with Gasteiger partial charge in [-0.3, -0.25) is 4.79 Å². The molecule has 0 radical (unpaired) electrons. The Morgan fingerprint density at radius 3 is 2.77 bits per heavy atom. The summed E-state index contributed by atoms with van der Waals surface area (Å²) in [5.74, 6) is 0.564. The van der Waals surface area contributed by atoms with Crippen molar-refractivity contribution in [2.75, 3.05) is 12.4 Å². The summed E-state index contributed by atoms with van der Waals surface area (Å²) >= 11 is 5.97. The van der Waals surface area contributed by atoms with Crippen LogP contribution in [0, 0.1) is 6.92 Å². The lowest BCUT2D eigenvalue weighted by Crippen LogP contribution is -2.13. The first-order valence-corrected chi connectivity index (χ1v) is 7.28. The van der Waals surface area contributed by atoms with E-state index >= 15 is 0 Å². The average molecular weight is 316 g/mol. The van der Waals surface area contributed by atoms with E-state index in [4.69, 9.17) is 16.3 Å². The molecule has 0 bridgehead atoms. The van der Waals surface area contributed by atoms with E-state index in [2.05, 4.69) is 11.9 Å². The summed E-state index contributed by atoms with van der Waals surface area (Å²) in [7, 11) is 1.61. The minimum absolute atomic E-state index is 0.182. The topological polar surface area (TPSA) is 38.3 Å². The number of methoxy groups -OCH3 is 1. The van der Waals surface area contributed by atoms with Gasteiger partial charge in [-0.2, -0.15) is 0 Å². The summed E-state index contributed by atoms with van der Waals surface area (Å²) in [4.78, 5) is 12.4. The second kappa shape index (κ2) is 7.14. The number of benzene rings is 2. The number of ether oxygens (including phenoxy) is 1. The smallest absolute Gasteiger partial charge is 0.255 e. The van der Waals surface area contributed by atoms with E-state index in [0.29, 0.717) is 22.7 Å². The molecular formula is C18H18ClNO2. The van der Waals surface area contributed by atoms with Crippen molar-refractivity contribution in [2.24, 2.45) is 0 Å². The van der Waals surface area contributed by atoms with Crippen molar-refractivity contribution in [1.82, 2.24) is 0 Å². The SMILES string of the molecule is C=CCc1cc(C(=O)Nc2cc(Cl)ccc2C)ccc1OC. The van der Waals surface area contributed by atoms with Crippen LogP contribution in [0.4, 0.5) is 5.69 Å². The number of halogens is 1. The number of allylic oxidation sites excluding steroid dienone is 1. The Balaban J connectivity index is 2.27. The molecule has 0 saturated carbocycles. The van der Waals surface area contributed by atoms with Gasteiger partial charge in [0, 0.05) is 16.3 Å². The normalized spacial score (nSPS) is 10.1. The van der Waals surface area contributed by atoms with Crippen LogP contribution < -0.4 is 10.1 Å². The van der Waals surface area contributed by atoms with Gasteiger partial charge in [-0.15, -0.1) is 6.58 Å². The molecule has 0 aliphatic heterocycles. The number of hydrogen-bond donors (Lipinski definition) is 1. The van der Waals surface area contributed by atoms with E-state index in [1.807, 2.05) is 19.1 Å². The molecule has 2 aromatic rings. The Morgan fingerprint density at radius 2 is 2.09 bits per heavy atom. The highest BCUT2D eigenvalue weighted by Crippen LogP contribution is 2.23. The zero-order valence-electron chi connectivity index (χ0n) is 12.7. The summed E-state index contributed by atoms with van der Waals surface area (Å²) in [6.45, 7) is 5.64. The number of anilines is 1. The predicted molar refractivity (Wildman–Crippen MR) is 91.0 cm³/mol. The number of amides is 1. The van der Waals surface area contributed by atoms with Crippen molar-refractivity contribution in [3.05, 3.63) is 70.8 Å². The molecule has 4 heteroatoms. The van der Waals surface area contributed by atoms with Crippen LogP contribution in [0.1, 0.15) is 21.5 Å². The monoisotopic (exact) mass is 315 g/mol. The maximum Gasteiger partial charge on any atom is 0.255 e. The molecule has 114 valence electrons. The lowest BCUT2D eigenvalue weighted by Gasteiger charge is -2.11. The molecule has 0 aliphatic carbocycles. The molecule has 0 fully saturated rings. The van der Waals surface area contributed by atoms with Gasteiger partial charge in [0.2, 0.25) is 0 Å². The van der Waals surface area contributed by atoms with Crippen LogP contribution in [0.5, 0.6) is 5.75 Å². The highest BCUT2D eigenvalue weighted by molar-refractivity contribution is 6.31. The van der Waals surface area contributed by atoms with E-state index in [1.54, 1.807) is 37.5 Å². The van der Waals surface area contributed by atoms with Crippen LogP contribution >= 0.6 is 11.6 Å². The van der Waals surface area contributed by atoms with Crippen LogP contribution in [-0.2, 0) is 6.42 Å². The van der Waals surface area contributed by atoms with Crippen molar-refractivity contribution >= 4 is 23.2 Å². The van der Waals surface area contributed by atoms with Crippen molar-refractivity contribution in [3.63, 3.8) is 0 Å². The largest absolute Gasteiger partial charge is 0.496 e. The van der Waals surface area contributed by atoms with Gasteiger partial charge < -0.3 is 10.1 Å². The third-order valence-electron chi connectivity index (χ3n) is 3.35. The first-order valence-electron chi connectivity index (χ1n) is 6.90. The summed E-state index contributed by atoms with van der Waals surface area (Å²) in [6.07, 6.45) is 2.42. The van der Waals surface area contributed by atoms with Gasteiger partial charge >= 0.3 is 0 Å². The van der Waals surface area contributed by atoms with E-state index in [-0.39, 0.29) is 5.91 Å². The average Bonchev–Trinajstić information content (AvgIpc) is 2.51. The lowest BCUT2D eigenvalue weighted by molar-refractivity contribution is 0.102. The number of rotatable bonds is 5. The third-order valence-corrected chi connectivity index (χ3v) is 3.59. The quantitative estimate of drug-likeness (QED) is 0.816. The molecule has 2 aromatic carbocycles. The molecule has 1 amide bonds. The molecule has 0 spiro atoms. The molecule has 3 nitrogen and oxygen atoms in total. The summed E-state index contributed by atoms with van der Waals surface area (Å²) in [5, 5.41) is 3.47. The Hall–Kier alpha value is -2.26. The van der Waals surface area contributed by atoms with Crippen molar-refractivity contribution < 1.29 is 9.53 Å². The van der Waals surface area contributed by atoms with Gasteiger partial charge in [-0.1, -0.05) is 23.7 Å². The first-order chi connectivity index (χ1) is 10.5. The van der Waals surface area contributed by atoms with E-state index < -0.39 is 0 Å². The predicted octanol–water partition coefficient (Wildman–Crippen LogP) is 4.64. The standard InChI is InChI=1S/C18H18ClNO2/c1-4-5-13-10-14(7-9-17(13)22-3)18(21)20-16-11-15(19)8-6-12(16)2/h4,6-11H,1,5H2,2-3H3,(H,20,21). The van der Waals surface area contributed by atoms with Crippen LogP contribution in [0.3, 0.4) is 0 Å². The molecular weight excluding hydrogens is 298 g/mol. The number of carbonyl (C=O) groups is 1. The van der Waals surface area contributed by atoms with Crippen LogP contribution in [-0.4, -0.2) is 13.0 Å². The van der Waals surface area contributed by atoms with Gasteiger partial charge in [0.1, 0.15) is 5.75 Å². The first kappa shape index (κ1) is 16.1. The van der Waals surface area contributed by atoms with Gasteiger partial charge in [-0.05, 0) is 54.8 Å². The zero-order valence-corrected chi connectivity index (χ0v) is 13.4. The van der Waals surface area contributed by atoms with Crippen molar-refractivity contribution in [2.45, 2.75) is 13.3 Å². The highest BCUT2D eigenvalue weighted by Gasteiger charge is 2.11. The number of nitrogens with one attached hydrogen (secondary N) is 1. The molecule has 0 aliphatic rings. The fourth-order valence-electron chi connectivity index (χ4n) is 2.16. The number of aryl methyl sites for hydroxylation is 1. The van der Waals surface area contributed by atoms with Crippen LogP contribution in [0.2, 0.25) is 5.02 Å². The summed E-state index contributed by atoms with van der Waals surface area (Å²) in [5.41, 5.74) is 3.15. The summed E-state index contributed by atoms with van der Waals surface area (Å²) in [6, 6.07) is 10.7. The van der Waals surface area contributed by atoms with Gasteiger partial charge in [-0.25, -0.2) is 0 Å². The second-order valence-corrected chi connectivity index (χ2v) is 5.37. The Morgan fingerprint density at radius 1 is 1.32 bits per heavy atom. The molecule has 0 unspecified atom stereocenters. The van der Waals surface area contributed by atoms with Gasteiger partial charge in [0.25, 0.3) is 5.91 Å². The maximum absolute atomic E-state index is 12.4. The molecule has 1 N–H and O–H groups in total. The molecule has 2 rings (SSSR count). The molecule has 0 aromatic heterocycles. The van der Waals surface area contributed by atoms with E-state index in [0.717, 1.165) is 16.9 Å². The van der Waals surface area contributed by atoms with Gasteiger partial charge in [0.15, 0.2) is 0 Å². The minimum atomic E-state index is -0.182. The Kier molecular flexibility index (Phi) is 5.23. The molecule has 0 heterocycles. The fourth-order valence-corrected chi connectivity index (χ4v) is 2.33. The molecule has 22 heavy (non-hydrogen) atoms. The Labute approximate surface area is 135 Å². The van der Waals surface area contributed by atoms with Gasteiger partial charge in [0.05, 0.1) is 7.11 Å². The number of carbonyl (C=O) groups excluding carboxylic acids is 1. The van der Waals surface area contributed by atoms with E-state index in [9.17, 15) is 4.79 Å². The fraction of sp³-hybridized carbons (Fsp3) is 0.167. The minimum Gasteiger partial charge on any atom is -0.496 e. The van der Waals surface area contributed by atoms with Crippen molar-refractivity contribution in [3.8, 4) is 5.75 Å². The van der Waals surface area contributed by atoms with Crippen LogP contribution in [0.25, 0.3) is 0 Å². The summed E-state index contributed by atoms with van der Waals surface area (Å²) < 4.78 is 5.29. The number of hydrogen-bond acceptors (Lipinski definition) is 2. The highest BCUT2D eigenvalue weighted by atomic mass is 35.5. The zero-order chi connectivity index (χ0) is 16.1.